The lowest BCUT2D eigenvalue weighted by Gasteiger charge is -2.31. The highest BCUT2D eigenvalue weighted by atomic mass is 35.5. The van der Waals surface area contributed by atoms with Gasteiger partial charge in [0.2, 0.25) is 11.8 Å². The molecule has 0 fully saturated rings. The Kier molecular flexibility index (Phi) is 11.7. The van der Waals surface area contributed by atoms with Crippen molar-refractivity contribution in [3.63, 3.8) is 0 Å². The number of hydrogen-bond acceptors (Lipinski definition) is 3. The van der Waals surface area contributed by atoms with Gasteiger partial charge in [0.25, 0.3) is 0 Å². The lowest BCUT2D eigenvalue weighted by molar-refractivity contribution is -0.139. The van der Waals surface area contributed by atoms with Crippen molar-refractivity contribution in [3.8, 4) is 0 Å². The first-order valence-corrected chi connectivity index (χ1v) is 13.0. The first-order valence-electron chi connectivity index (χ1n) is 10.7. The Balaban J connectivity index is 2.17. The van der Waals surface area contributed by atoms with Gasteiger partial charge in [-0.05, 0) is 42.7 Å². The molecule has 0 aliphatic rings. The van der Waals surface area contributed by atoms with Crippen molar-refractivity contribution in [3.05, 3.63) is 68.7 Å². The Morgan fingerprint density at radius 1 is 1.06 bits per heavy atom. The van der Waals surface area contributed by atoms with E-state index in [2.05, 4.69) is 12.2 Å². The van der Waals surface area contributed by atoms with E-state index in [1.165, 1.54) is 11.8 Å². The van der Waals surface area contributed by atoms with Crippen molar-refractivity contribution >= 4 is 58.4 Å². The van der Waals surface area contributed by atoms with Gasteiger partial charge in [-0.1, -0.05) is 73.3 Å². The van der Waals surface area contributed by atoms with Crippen LogP contribution in [0.2, 0.25) is 15.1 Å². The molecule has 0 radical (unpaired) electrons. The molecule has 32 heavy (non-hydrogen) atoms. The van der Waals surface area contributed by atoms with Gasteiger partial charge in [-0.25, -0.2) is 0 Å². The number of carbonyl (C=O) groups is 2. The Labute approximate surface area is 210 Å². The van der Waals surface area contributed by atoms with Crippen LogP contribution in [-0.4, -0.2) is 35.1 Å². The van der Waals surface area contributed by atoms with Crippen molar-refractivity contribution in [2.24, 2.45) is 0 Å². The Morgan fingerprint density at radius 2 is 1.75 bits per heavy atom. The third kappa shape index (κ3) is 8.18. The van der Waals surface area contributed by atoms with E-state index in [0.717, 1.165) is 18.4 Å². The minimum Gasteiger partial charge on any atom is -0.354 e. The molecule has 2 amide bonds. The highest BCUT2D eigenvalue weighted by Crippen LogP contribution is 2.27. The molecule has 4 nitrogen and oxygen atoms in total. The molecule has 2 aromatic carbocycles. The summed E-state index contributed by atoms with van der Waals surface area (Å²) >= 11 is 20.3. The minimum absolute atomic E-state index is 0.134. The van der Waals surface area contributed by atoms with Crippen molar-refractivity contribution in [2.75, 3.05) is 12.3 Å². The molecule has 2 rings (SSSR count). The standard InChI is InChI=1S/C24H29Cl3N2O2S/c1-3-5-12-28-24(31)22(4-2)29(14-19-20(26)10-7-11-21(19)27)23(30)16-32-15-17-8-6-9-18(25)13-17/h6-11,13,22H,3-5,12,14-16H2,1-2H3,(H,28,31). The Bertz CT molecular complexity index is 890. The number of hydrogen-bond donors (Lipinski definition) is 1. The van der Waals surface area contributed by atoms with Crippen LogP contribution in [0.3, 0.4) is 0 Å². The second-order valence-electron chi connectivity index (χ2n) is 7.41. The number of nitrogens with zero attached hydrogens (tertiary/aromatic N) is 1. The average molecular weight is 516 g/mol. The van der Waals surface area contributed by atoms with Gasteiger partial charge in [-0.2, -0.15) is 0 Å². The molecule has 8 heteroatoms. The second-order valence-corrected chi connectivity index (χ2v) is 9.65. The van der Waals surface area contributed by atoms with Crippen LogP contribution < -0.4 is 5.32 Å². The summed E-state index contributed by atoms with van der Waals surface area (Å²) in [7, 11) is 0. The van der Waals surface area contributed by atoms with Crippen LogP contribution in [0, 0.1) is 0 Å². The maximum Gasteiger partial charge on any atom is 0.242 e. The smallest absolute Gasteiger partial charge is 0.242 e. The summed E-state index contributed by atoms with van der Waals surface area (Å²) in [6, 6.07) is 12.2. The molecule has 0 saturated heterocycles. The number of nitrogens with one attached hydrogen (secondary N) is 1. The lowest BCUT2D eigenvalue weighted by Crippen LogP contribution is -2.49. The van der Waals surface area contributed by atoms with E-state index >= 15 is 0 Å². The average Bonchev–Trinajstić information content (AvgIpc) is 2.75. The van der Waals surface area contributed by atoms with E-state index < -0.39 is 6.04 Å². The van der Waals surface area contributed by atoms with Crippen LogP contribution >= 0.6 is 46.6 Å². The van der Waals surface area contributed by atoms with Gasteiger partial charge in [0.1, 0.15) is 6.04 Å². The van der Waals surface area contributed by atoms with E-state index in [1.54, 1.807) is 23.1 Å². The molecule has 0 aromatic heterocycles. The van der Waals surface area contributed by atoms with E-state index in [9.17, 15) is 9.59 Å². The molecule has 0 spiro atoms. The van der Waals surface area contributed by atoms with Gasteiger partial charge in [-0.15, -0.1) is 11.8 Å². The van der Waals surface area contributed by atoms with Gasteiger partial charge in [0.05, 0.1) is 5.75 Å². The summed E-state index contributed by atoms with van der Waals surface area (Å²) in [5.41, 5.74) is 1.68. The number of carbonyl (C=O) groups excluding carboxylic acids is 2. The van der Waals surface area contributed by atoms with E-state index in [-0.39, 0.29) is 24.1 Å². The molecule has 0 saturated carbocycles. The Hall–Kier alpha value is -1.40. The predicted octanol–water partition coefficient (Wildman–Crippen LogP) is 6.60. The molecule has 2 aromatic rings. The Morgan fingerprint density at radius 3 is 2.38 bits per heavy atom. The maximum atomic E-state index is 13.3. The van der Waals surface area contributed by atoms with Crippen molar-refractivity contribution in [2.45, 2.75) is 51.4 Å². The van der Waals surface area contributed by atoms with Gasteiger partial charge in [0.15, 0.2) is 0 Å². The molecule has 1 unspecified atom stereocenters. The lowest BCUT2D eigenvalue weighted by atomic mass is 10.1. The molecule has 0 aliphatic heterocycles. The molecule has 0 bridgehead atoms. The van der Waals surface area contributed by atoms with Gasteiger partial charge in [-0.3, -0.25) is 9.59 Å². The van der Waals surface area contributed by atoms with Gasteiger partial charge < -0.3 is 10.2 Å². The first kappa shape index (κ1) is 26.8. The van der Waals surface area contributed by atoms with E-state index in [0.29, 0.717) is 39.3 Å². The molecule has 1 N–H and O–H groups in total. The van der Waals surface area contributed by atoms with Crippen LogP contribution in [-0.2, 0) is 21.9 Å². The number of benzene rings is 2. The summed E-state index contributed by atoms with van der Waals surface area (Å²) in [5.74, 6) is 0.586. The number of thioether (sulfide) groups is 1. The zero-order chi connectivity index (χ0) is 23.5. The first-order chi connectivity index (χ1) is 15.4. The fourth-order valence-corrected chi connectivity index (χ4v) is 4.83. The molecular weight excluding hydrogens is 487 g/mol. The highest BCUT2D eigenvalue weighted by Gasteiger charge is 2.29. The fraction of sp³-hybridized carbons (Fsp3) is 0.417. The third-order valence-corrected chi connectivity index (χ3v) is 6.92. The van der Waals surface area contributed by atoms with E-state index in [1.807, 2.05) is 31.2 Å². The monoisotopic (exact) mass is 514 g/mol. The molecule has 0 aliphatic carbocycles. The SMILES string of the molecule is CCCCNC(=O)C(CC)N(Cc1c(Cl)cccc1Cl)C(=O)CSCc1cccc(Cl)c1. The highest BCUT2D eigenvalue weighted by molar-refractivity contribution is 7.99. The molecule has 174 valence electrons. The van der Waals surface area contributed by atoms with Crippen molar-refractivity contribution in [1.29, 1.82) is 0 Å². The van der Waals surface area contributed by atoms with Crippen molar-refractivity contribution in [1.82, 2.24) is 10.2 Å². The zero-order valence-corrected chi connectivity index (χ0v) is 21.5. The fourth-order valence-electron chi connectivity index (χ4n) is 3.25. The summed E-state index contributed by atoms with van der Waals surface area (Å²) in [6.45, 7) is 4.73. The maximum absolute atomic E-state index is 13.3. The number of halogens is 3. The van der Waals surface area contributed by atoms with Gasteiger partial charge >= 0.3 is 0 Å². The topological polar surface area (TPSA) is 49.4 Å². The summed E-state index contributed by atoms with van der Waals surface area (Å²) in [6.07, 6.45) is 2.36. The number of rotatable bonds is 12. The normalized spacial score (nSPS) is 11.8. The quantitative estimate of drug-likeness (QED) is 0.324. The minimum atomic E-state index is -0.599. The van der Waals surface area contributed by atoms with Crippen molar-refractivity contribution < 1.29 is 9.59 Å². The van der Waals surface area contributed by atoms with Crippen LogP contribution in [0.15, 0.2) is 42.5 Å². The summed E-state index contributed by atoms with van der Waals surface area (Å²) < 4.78 is 0. The summed E-state index contributed by atoms with van der Waals surface area (Å²) in [4.78, 5) is 27.8. The second kappa shape index (κ2) is 14.0. The molecule has 1 atom stereocenters. The number of amides is 2. The molecular formula is C24H29Cl3N2O2S. The largest absolute Gasteiger partial charge is 0.354 e. The number of unbranched alkanes of at least 4 members (excludes halogenated alkanes) is 1. The van der Waals surface area contributed by atoms with Crippen LogP contribution in [0.4, 0.5) is 0 Å². The van der Waals surface area contributed by atoms with Crippen LogP contribution in [0.5, 0.6) is 0 Å². The van der Waals surface area contributed by atoms with E-state index in [4.69, 9.17) is 34.8 Å². The van der Waals surface area contributed by atoms with Crippen LogP contribution in [0.1, 0.15) is 44.2 Å². The summed E-state index contributed by atoms with van der Waals surface area (Å²) in [5, 5.41) is 4.57. The van der Waals surface area contributed by atoms with Crippen LogP contribution in [0.25, 0.3) is 0 Å². The third-order valence-electron chi connectivity index (χ3n) is 4.99. The zero-order valence-electron chi connectivity index (χ0n) is 18.4. The van der Waals surface area contributed by atoms with Gasteiger partial charge in [0, 0.05) is 39.5 Å². The predicted molar refractivity (Wildman–Crippen MR) is 137 cm³/mol. The molecule has 0 heterocycles.